The monoisotopic (exact) mass is 304 g/mol. The molecule has 0 aromatic rings. The second kappa shape index (κ2) is 3.94. The summed E-state index contributed by atoms with van der Waals surface area (Å²) >= 11 is 0. The van der Waals surface area contributed by atoms with Crippen LogP contribution in [0.2, 0.25) is 0 Å². The van der Waals surface area contributed by atoms with Crippen molar-refractivity contribution in [3.63, 3.8) is 0 Å². The van der Waals surface area contributed by atoms with Gasteiger partial charge in [0.2, 0.25) is 0 Å². The van der Waals surface area contributed by atoms with Crippen LogP contribution in [-0.4, -0.2) is 22.4 Å². The lowest BCUT2D eigenvalue weighted by molar-refractivity contribution is -0.129. The smallest absolute Gasteiger partial charge is 0.103 e. The lowest BCUT2D eigenvalue weighted by atomic mass is 9.44. The summed E-state index contributed by atoms with van der Waals surface area (Å²) in [6.45, 7) is 7.03. The van der Waals surface area contributed by atoms with Crippen molar-refractivity contribution in [2.24, 2.45) is 28.6 Å². The summed E-state index contributed by atoms with van der Waals surface area (Å²) in [4.78, 5) is 0. The van der Waals surface area contributed by atoms with E-state index in [1.54, 1.807) is 0 Å². The fourth-order valence-corrected chi connectivity index (χ4v) is 7.97. The first-order chi connectivity index (χ1) is 10.4. The lowest BCUT2D eigenvalue weighted by Crippen LogP contribution is -2.61. The average Bonchev–Trinajstić information content (AvgIpc) is 3.13. The van der Waals surface area contributed by atoms with Crippen LogP contribution in [0, 0.1) is 28.6 Å². The maximum atomic E-state index is 11.0. The zero-order valence-corrected chi connectivity index (χ0v) is 14.5. The molecule has 0 radical (unpaired) electrons. The number of ether oxygens (including phenoxy) is 1. The van der Waals surface area contributed by atoms with Crippen LogP contribution >= 0.6 is 0 Å². The van der Waals surface area contributed by atoms with E-state index >= 15 is 0 Å². The molecule has 5 rings (SSSR count). The van der Waals surface area contributed by atoms with E-state index in [0.717, 1.165) is 18.8 Å². The normalized spacial score (nSPS) is 66.0. The minimum absolute atomic E-state index is 0.0835. The highest BCUT2D eigenvalue weighted by Gasteiger charge is 2.80. The Morgan fingerprint density at radius 3 is 2.50 bits per heavy atom. The molecule has 0 aromatic carbocycles. The van der Waals surface area contributed by atoms with Crippen molar-refractivity contribution in [3.8, 4) is 0 Å². The third kappa shape index (κ3) is 1.34. The molecule has 4 saturated carbocycles. The van der Waals surface area contributed by atoms with Gasteiger partial charge in [-0.25, -0.2) is 0 Å². The summed E-state index contributed by atoms with van der Waals surface area (Å²) in [5.41, 5.74) is 0.218. The molecule has 5 aliphatic rings. The van der Waals surface area contributed by atoms with Crippen molar-refractivity contribution in [3.05, 3.63) is 0 Å². The minimum Gasteiger partial charge on any atom is -0.390 e. The van der Waals surface area contributed by atoms with Crippen LogP contribution in [0.15, 0.2) is 0 Å². The summed E-state index contributed by atoms with van der Waals surface area (Å²) in [7, 11) is 0. The van der Waals surface area contributed by atoms with E-state index in [1.807, 2.05) is 0 Å². The quantitative estimate of drug-likeness (QED) is 0.677. The Labute approximate surface area is 135 Å². The topological polar surface area (TPSA) is 32.8 Å². The molecule has 1 N–H and O–H groups in total. The zero-order valence-electron chi connectivity index (χ0n) is 14.5. The van der Waals surface area contributed by atoms with Crippen LogP contribution in [0.25, 0.3) is 0 Å². The molecule has 1 spiro atoms. The van der Waals surface area contributed by atoms with E-state index in [4.69, 9.17) is 4.74 Å². The minimum atomic E-state index is -0.486. The van der Waals surface area contributed by atoms with Crippen molar-refractivity contribution in [2.75, 3.05) is 0 Å². The van der Waals surface area contributed by atoms with Gasteiger partial charge in [-0.3, -0.25) is 0 Å². The van der Waals surface area contributed by atoms with Crippen LogP contribution in [0.1, 0.15) is 78.6 Å². The van der Waals surface area contributed by atoms with Gasteiger partial charge < -0.3 is 9.84 Å². The average molecular weight is 304 g/mol. The van der Waals surface area contributed by atoms with Crippen molar-refractivity contribution >= 4 is 0 Å². The van der Waals surface area contributed by atoms with Gasteiger partial charge in [0.15, 0.2) is 0 Å². The van der Waals surface area contributed by atoms with E-state index < -0.39 is 5.60 Å². The van der Waals surface area contributed by atoms with Crippen molar-refractivity contribution in [1.29, 1.82) is 0 Å². The predicted molar refractivity (Wildman–Crippen MR) is 86.5 cm³/mol. The van der Waals surface area contributed by atoms with Crippen LogP contribution in [0.4, 0.5) is 0 Å². The highest BCUT2D eigenvalue weighted by atomic mass is 16.6. The van der Waals surface area contributed by atoms with Crippen LogP contribution < -0.4 is 0 Å². The van der Waals surface area contributed by atoms with Gasteiger partial charge in [-0.2, -0.15) is 0 Å². The molecular weight excluding hydrogens is 272 g/mol. The first kappa shape index (κ1) is 14.3. The Morgan fingerprint density at radius 2 is 1.68 bits per heavy atom. The van der Waals surface area contributed by atoms with E-state index in [1.165, 1.54) is 44.9 Å². The molecule has 124 valence electrons. The predicted octanol–water partition coefficient (Wildman–Crippen LogP) is 4.30. The van der Waals surface area contributed by atoms with Gasteiger partial charge in [-0.15, -0.1) is 0 Å². The molecule has 2 heteroatoms. The first-order valence-electron chi connectivity index (χ1n) is 9.75. The van der Waals surface area contributed by atoms with Crippen molar-refractivity contribution < 1.29 is 9.84 Å². The largest absolute Gasteiger partial charge is 0.390 e. The standard InChI is InChI=1S/C20H32O2/c1-17-10-5-4-6-13(17)7-8-15-14-9-11-19(3,21)18(14,2)12-16-20(15,17)22-16/h13-16,21H,4-12H2,1-3H3/t13?,14-,15-,16-,17-,18-,19-,20-/m0/s1. The number of hydrogen-bond acceptors (Lipinski definition) is 2. The molecule has 1 aliphatic heterocycles. The summed E-state index contributed by atoms with van der Waals surface area (Å²) in [5, 5.41) is 11.0. The van der Waals surface area contributed by atoms with Gasteiger partial charge in [-0.1, -0.05) is 26.7 Å². The Balaban J connectivity index is 1.57. The summed E-state index contributed by atoms with van der Waals surface area (Å²) in [5.74, 6) is 2.29. The van der Waals surface area contributed by atoms with Gasteiger partial charge in [-0.05, 0) is 69.6 Å². The van der Waals surface area contributed by atoms with Crippen molar-refractivity contribution in [2.45, 2.75) is 95.9 Å². The maximum absolute atomic E-state index is 11.0. The Hall–Kier alpha value is -0.0800. The molecule has 4 aliphatic carbocycles. The van der Waals surface area contributed by atoms with Crippen LogP contribution in [-0.2, 0) is 4.74 Å². The second-order valence-electron chi connectivity index (χ2n) is 9.98. The number of fused-ring (bicyclic) bond motifs is 3. The molecule has 1 saturated heterocycles. The molecule has 1 unspecified atom stereocenters. The Bertz CT molecular complexity index is 514. The highest BCUT2D eigenvalue weighted by molar-refractivity contribution is 5.28. The lowest BCUT2D eigenvalue weighted by Gasteiger charge is -2.59. The Kier molecular flexibility index (Phi) is 2.56. The van der Waals surface area contributed by atoms with Crippen molar-refractivity contribution in [1.82, 2.24) is 0 Å². The molecule has 0 bridgehead atoms. The number of aliphatic hydroxyl groups is 1. The van der Waals surface area contributed by atoms with Gasteiger partial charge in [0.25, 0.3) is 0 Å². The van der Waals surface area contributed by atoms with Gasteiger partial charge >= 0.3 is 0 Å². The van der Waals surface area contributed by atoms with Crippen LogP contribution in [0.5, 0.6) is 0 Å². The molecule has 2 nitrogen and oxygen atoms in total. The fraction of sp³-hybridized carbons (Fsp3) is 1.00. The van der Waals surface area contributed by atoms with E-state index in [-0.39, 0.29) is 11.0 Å². The molecule has 1 heterocycles. The van der Waals surface area contributed by atoms with Gasteiger partial charge in [0.05, 0.1) is 11.7 Å². The highest BCUT2D eigenvalue weighted by Crippen LogP contribution is 2.76. The molecule has 22 heavy (non-hydrogen) atoms. The molecule has 0 aromatic heterocycles. The maximum Gasteiger partial charge on any atom is 0.103 e. The Morgan fingerprint density at radius 1 is 0.864 bits per heavy atom. The summed E-state index contributed by atoms with van der Waals surface area (Å²) in [6, 6.07) is 0. The first-order valence-corrected chi connectivity index (χ1v) is 9.75. The number of rotatable bonds is 0. The summed E-state index contributed by atoms with van der Waals surface area (Å²) in [6.07, 6.45) is 12.2. The zero-order chi connectivity index (χ0) is 15.4. The molecule has 8 atom stereocenters. The van der Waals surface area contributed by atoms with E-state index in [2.05, 4.69) is 20.8 Å². The van der Waals surface area contributed by atoms with Gasteiger partial charge in [0.1, 0.15) is 5.60 Å². The fourth-order valence-electron chi connectivity index (χ4n) is 7.97. The number of hydrogen-bond donors (Lipinski definition) is 1. The van der Waals surface area contributed by atoms with E-state index in [0.29, 0.717) is 23.4 Å². The second-order valence-corrected chi connectivity index (χ2v) is 9.98. The molecule has 0 amide bonds. The third-order valence-corrected chi connectivity index (χ3v) is 9.51. The molecule has 5 fully saturated rings. The van der Waals surface area contributed by atoms with Gasteiger partial charge in [0, 0.05) is 10.8 Å². The number of epoxide rings is 1. The SMILES string of the molecule is C[C@]1(O)CC[C@H]2[C@@H]3CCC4CCCC[C@]4(C)[C@]34O[C@H]4C[C@@]21C. The third-order valence-electron chi connectivity index (χ3n) is 9.51. The summed E-state index contributed by atoms with van der Waals surface area (Å²) < 4.78 is 6.63. The van der Waals surface area contributed by atoms with Crippen LogP contribution in [0.3, 0.4) is 0 Å². The molecular formula is C20H32O2. The van der Waals surface area contributed by atoms with E-state index in [9.17, 15) is 5.11 Å².